The summed E-state index contributed by atoms with van der Waals surface area (Å²) in [5.41, 5.74) is -9.18. The van der Waals surface area contributed by atoms with Gasteiger partial charge in [-0.15, -0.1) is 21.9 Å². The van der Waals surface area contributed by atoms with Gasteiger partial charge in [-0.05, 0) is 25.5 Å². The van der Waals surface area contributed by atoms with Gasteiger partial charge < -0.3 is 0 Å². The van der Waals surface area contributed by atoms with Crippen LogP contribution in [0.5, 0.6) is 0 Å². The Labute approximate surface area is 367 Å². The molecule has 1 aromatic heterocycles. The Morgan fingerprint density at radius 2 is 0.779 bits per heavy atom. The summed E-state index contributed by atoms with van der Waals surface area (Å²) in [5.74, 6) is -71.3. The highest BCUT2D eigenvalue weighted by atomic mass is 19.2. The van der Waals surface area contributed by atoms with E-state index in [1.54, 1.807) is 6.20 Å². The van der Waals surface area contributed by atoms with E-state index in [0.29, 0.717) is 6.54 Å². The second-order valence-corrected chi connectivity index (χ2v) is 14.5. The lowest BCUT2D eigenvalue weighted by Gasteiger charge is -2.44. The quantitative estimate of drug-likeness (QED) is 0.0380. The van der Waals surface area contributed by atoms with Crippen LogP contribution in [0, 0.1) is 130 Å². The van der Waals surface area contributed by atoms with Crippen LogP contribution in [0.15, 0.2) is 67.1 Å². The van der Waals surface area contributed by atoms with Crippen LogP contribution in [-0.4, -0.2) is 16.9 Å². The van der Waals surface area contributed by atoms with Gasteiger partial charge in [-0.25, -0.2) is 87.8 Å². The third kappa shape index (κ3) is 7.97. The Morgan fingerprint density at radius 3 is 1.12 bits per heavy atom. The molecule has 0 saturated heterocycles. The Morgan fingerprint density at radius 1 is 0.456 bits per heavy atom. The second-order valence-electron chi connectivity index (χ2n) is 14.5. The van der Waals surface area contributed by atoms with E-state index < -0.39 is 144 Å². The minimum Gasteiger partial charge on any atom is -0.287 e. The van der Waals surface area contributed by atoms with E-state index in [2.05, 4.69) is 37.0 Å². The van der Waals surface area contributed by atoms with Gasteiger partial charge in [-0.2, -0.15) is 4.57 Å². The lowest BCUT2D eigenvalue weighted by molar-refractivity contribution is -0.672. The molecule has 0 atom stereocenters. The molecule has 0 fully saturated rings. The molecule has 0 unspecified atom stereocenters. The van der Waals surface area contributed by atoms with Crippen LogP contribution in [-0.2, 0) is 6.54 Å². The van der Waals surface area contributed by atoms with Crippen molar-refractivity contribution >= 4 is 33.8 Å². The van der Waals surface area contributed by atoms with E-state index in [9.17, 15) is 57.5 Å². The molecule has 7 rings (SSSR count). The molecule has 3 nitrogen and oxygen atoms in total. The van der Waals surface area contributed by atoms with Crippen LogP contribution in [0.2, 0.25) is 0 Å². The van der Waals surface area contributed by atoms with Crippen LogP contribution in [0.25, 0.3) is 11.3 Å². The van der Waals surface area contributed by atoms with Crippen molar-refractivity contribution in [1.82, 2.24) is 4.98 Å². The number of carbonyl (C=O) groups is 1. The molecule has 6 aromatic carbocycles. The van der Waals surface area contributed by atoms with Gasteiger partial charge in [0.1, 0.15) is 52.7 Å². The predicted octanol–water partition coefficient (Wildman–Crippen LogP) is 9.38. The number of benzene rings is 6. The lowest BCUT2D eigenvalue weighted by atomic mass is 9.12. The smallest absolute Gasteiger partial charge is 0.231 e. The minimum atomic E-state index is -7.22. The van der Waals surface area contributed by atoms with Crippen LogP contribution in [0.3, 0.4) is 0 Å². The van der Waals surface area contributed by atoms with E-state index >= 15 is 35.1 Å². The first-order chi connectivity index (χ1) is 31.8. The number of rotatable bonds is 8. The summed E-state index contributed by atoms with van der Waals surface area (Å²) >= 11 is 0. The topological polar surface area (TPSA) is 33.8 Å². The molecule has 0 amide bonds. The first-order valence-electron chi connectivity index (χ1n) is 18.6. The Bertz CT molecular complexity index is 2820. The fraction of sp³-hybridized carbons (Fsp3) is 0.0682. The summed E-state index contributed by atoms with van der Waals surface area (Å²) in [6.07, 6.45) is -1.82. The van der Waals surface area contributed by atoms with Crippen molar-refractivity contribution in [3.05, 3.63) is 200 Å². The van der Waals surface area contributed by atoms with E-state index in [-0.39, 0.29) is 5.78 Å². The molecule has 24 heteroatoms. The van der Waals surface area contributed by atoms with Gasteiger partial charge in [-0.3, -0.25) is 9.78 Å². The number of carbonyl (C=O) groups excluding carboxylic acids is 1. The van der Waals surface area contributed by atoms with Gasteiger partial charge in [0.15, 0.2) is 76.0 Å². The third-order valence-electron chi connectivity index (χ3n) is 10.6. The highest BCUT2D eigenvalue weighted by Crippen LogP contribution is 2.31. The fourth-order valence-electron chi connectivity index (χ4n) is 7.51. The van der Waals surface area contributed by atoms with Crippen LogP contribution < -0.4 is 26.4 Å². The zero-order chi connectivity index (χ0) is 50.6. The third-order valence-corrected chi connectivity index (χ3v) is 10.6. The zero-order valence-corrected chi connectivity index (χ0v) is 33.5. The van der Waals surface area contributed by atoms with Gasteiger partial charge in [0.05, 0.1) is 18.0 Å². The Balaban J connectivity index is 0.000000276. The lowest BCUT2D eigenvalue weighted by Crippen LogP contribution is -2.81. The van der Waals surface area contributed by atoms with Crippen molar-refractivity contribution in [1.29, 1.82) is 0 Å². The molecule has 68 heavy (non-hydrogen) atoms. The van der Waals surface area contributed by atoms with Crippen molar-refractivity contribution < 1.29 is 97.2 Å². The normalized spacial score (nSPS) is 11.5. The number of aromatic nitrogens is 2. The first kappa shape index (κ1) is 50.2. The molecule has 7 aromatic rings. The molecule has 0 bridgehead atoms. The van der Waals surface area contributed by atoms with Crippen molar-refractivity contribution in [3.8, 4) is 11.3 Å². The number of halogens is 20. The first-order valence-corrected chi connectivity index (χ1v) is 18.6. The number of aryl methyl sites for hydroxylation is 2. The Kier molecular flexibility index (Phi) is 13.9. The molecular formula is C44H19BF20N2O. The average Bonchev–Trinajstić information content (AvgIpc) is 3.32. The minimum absolute atomic E-state index is 0.0911. The maximum atomic E-state index is 15.4. The van der Waals surface area contributed by atoms with Gasteiger partial charge in [0, 0.05) is 5.56 Å². The molecular weight excluding hydrogens is 963 g/mol. The maximum absolute atomic E-state index is 15.4. The van der Waals surface area contributed by atoms with Crippen molar-refractivity contribution in [2.45, 2.75) is 20.4 Å². The molecule has 0 radical (unpaired) electrons. The zero-order valence-electron chi connectivity index (χ0n) is 33.5. The average molecular weight is 982 g/mol. The van der Waals surface area contributed by atoms with Gasteiger partial charge in [0.25, 0.3) is 0 Å². The number of ketones is 1. The summed E-state index contributed by atoms with van der Waals surface area (Å²) in [6.45, 7) is 4.44. The maximum Gasteiger partial charge on any atom is 0.231 e. The molecule has 0 aliphatic rings. The van der Waals surface area contributed by atoms with Gasteiger partial charge in [-0.1, -0.05) is 48.0 Å². The molecule has 0 saturated carbocycles. The molecule has 354 valence electrons. The Hall–Kier alpha value is -7.27. The van der Waals surface area contributed by atoms with Crippen molar-refractivity contribution in [2.75, 3.05) is 0 Å². The van der Waals surface area contributed by atoms with E-state index in [4.69, 9.17) is 0 Å². The number of nitrogens with zero attached hydrogens (tertiary/aromatic N) is 2. The number of hydrogen-bond donors (Lipinski definition) is 0. The SMILES string of the molecule is Cc1ccc(C)c(-c2cncc[n+]2CC(=O)c2ccccc2)c1.Fc1c(F)c(F)c([B-](c2c(F)c(F)c(F)c(F)c2F)(c2c(F)c(F)c(F)c(F)c2F)c2c(F)c(F)c(F)c(F)c2F)c(F)c1F. The molecule has 1 heterocycles. The summed E-state index contributed by atoms with van der Waals surface area (Å²) in [7, 11) is 0. The standard InChI is InChI=1S/C24BF20.C20H19N2O/c26-5-1(6(27)14(35)21(42)13(5)34)25(2-7(28)15(36)22(43)16(37)8(2)29,3-9(30)17(38)23(44)18(39)10(3)31)4-11(32)19(40)24(45)20(41)12(4)33;1-15-8-9-16(2)18(12-15)19-13-21-10-11-22(19)14-20(23)17-6-4-3-5-7-17/h;3-13H,14H2,1-2H3/q-1;+1. The second kappa shape index (κ2) is 18.8. The van der Waals surface area contributed by atoms with Crippen molar-refractivity contribution in [2.24, 2.45) is 0 Å². The number of hydrogen-bond acceptors (Lipinski definition) is 2. The van der Waals surface area contributed by atoms with Crippen LogP contribution >= 0.6 is 0 Å². The predicted molar refractivity (Wildman–Crippen MR) is 199 cm³/mol. The summed E-state index contributed by atoms with van der Waals surface area (Å²) in [4.78, 5) is 16.7. The molecule has 0 spiro atoms. The largest absolute Gasteiger partial charge is 0.287 e. The fourth-order valence-corrected chi connectivity index (χ4v) is 7.51. The van der Waals surface area contributed by atoms with Crippen LogP contribution in [0.4, 0.5) is 87.8 Å². The van der Waals surface area contributed by atoms with E-state index in [1.165, 1.54) is 11.1 Å². The van der Waals surface area contributed by atoms with E-state index in [1.807, 2.05) is 47.3 Å². The highest BCUT2D eigenvalue weighted by molar-refractivity contribution is 7.20. The van der Waals surface area contributed by atoms with Crippen molar-refractivity contribution in [3.63, 3.8) is 0 Å². The molecule has 0 N–H and O–H groups in total. The molecule has 0 aliphatic carbocycles. The summed E-state index contributed by atoms with van der Waals surface area (Å²) in [5, 5.41) is 0. The highest BCUT2D eigenvalue weighted by Gasteiger charge is 2.52. The number of Topliss-reactive ketones (excluding diaryl/α,β-unsaturated/α-hetero) is 1. The molecule has 0 aliphatic heterocycles. The van der Waals surface area contributed by atoms with Gasteiger partial charge in [0.2, 0.25) is 18.0 Å². The van der Waals surface area contributed by atoms with Crippen LogP contribution in [0.1, 0.15) is 21.5 Å². The monoisotopic (exact) mass is 982 g/mol. The summed E-state index contributed by atoms with van der Waals surface area (Å²) in [6, 6.07) is 15.7. The van der Waals surface area contributed by atoms with E-state index in [0.717, 1.165) is 16.8 Å². The summed E-state index contributed by atoms with van der Waals surface area (Å²) < 4.78 is 296. The van der Waals surface area contributed by atoms with Gasteiger partial charge >= 0.3 is 0 Å².